The summed E-state index contributed by atoms with van der Waals surface area (Å²) in [6, 6.07) is 11.3. The molecule has 0 saturated carbocycles. The van der Waals surface area contributed by atoms with Crippen molar-refractivity contribution in [2.75, 3.05) is 23.9 Å². The normalized spacial score (nSPS) is 14.8. The number of likely N-dealkylation sites (tertiary alicyclic amines) is 1. The second-order valence-electron chi connectivity index (χ2n) is 6.84. The van der Waals surface area contributed by atoms with E-state index in [1.165, 1.54) is 12.1 Å². The molecule has 8 heteroatoms. The van der Waals surface area contributed by atoms with Gasteiger partial charge in [0.15, 0.2) is 0 Å². The van der Waals surface area contributed by atoms with Crippen molar-refractivity contribution >= 4 is 44.8 Å². The quantitative estimate of drug-likeness (QED) is 0.686. The average molecular weight is 441 g/mol. The average Bonchev–Trinajstić information content (AvgIpc) is 2.69. The number of sulfonamides is 1. The first-order chi connectivity index (χ1) is 13.3. The monoisotopic (exact) mass is 440 g/mol. The maximum absolute atomic E-state index is 13.4. The predicted octanol–water partition coefficient (Wildman–Crippen LogP) is 4.51. The first-order valence-corrected chi connectivity index (χ1v) is 11.3. The number of amides is 1. The second kappa shape index (κ2) is 8.72. The summed E-state index contributed by atoms with van der Waals surface area (Å²) < 4.78 is 27.8. The topological polar surface area (TPSA) is 57.7 Å². The third-order valence-corrected chi connectivity index (χ3v) is 7.38. The Hall–Kier alpha value is -1.76. The van der Waals surface area contributed by atoms with E-state index in [2.05, 4.69) is 0 Å². The molecular weight excluding hydrogens is 419 g/mol. The number of carbonyl (C=O) groups is 1. The van der Waals surface area contributed by atoms with Crippen LogP contribution in [-0.2, 0) is 14.8 Å². The Kier molecular flexibility index (Phi) is 6.53. The van der Waals surface area contributed by atoms with E-state index in [-0.39, 0.29) is 33.1 Å². The molecule has 150 valence electrons. The summed E-state index contributed by atoms with van der Waals surface area (Å²) in [5, 5.41) is 0.333. The summed E-state index contributed by atoms with van der Waals surface area (Å²) in [5.41, 5.74) is 1.13. The van der Waals surface area contributed by atoms with Gasteiger partial charge in [0.25, 0.3) is 10.0 Å². The van der Waals surface area contributed by atoms with E-state index in [9.17, 15) is 13.2 Å². The Morgan fingerprint density at radius 3 is 2.32 bits per heavy atom. The molecule has 1 heterocycles. The molecule has 28 heavy (non-hydrogen) atoms. The standard InChI is InChI=1S/C20H22Cl2N2O3S/c1-15-8-10-16(11-9-15)28(26,27)24(18-7-5-6-17(21)20(18)22)14-19(25)23-12-3-2-4-13-23/h5-11H,2-4,12-14H2,1H3. The lowest BCUT2D eigenvalue weighted by molar-refractivity contribution is -0.130. The minimum absolute atomic E-state index is 0.0978. The summed E-state index contributed by atoms with van der Waals surface area (Å²) in [5.74, 6) is -0.244. The molecule has 0 aromatic heterocycles. The fourth-order valence-corrected chi connectivity index (χ4v) is 5.06. The summed E-state index contributed by atoms with van der Waals surface area (Å²) in [4.78, 5) is 14.7. The SMILES string of the molecule is Cc1ccc(S(=O)(=O)N(CC(=O)N2CCCCC2)c2cccc(Cl)c2Cl)cc1. The second-order valence-corrected chi connectivity index (χ2v) is 9.49. The Morgan fingerprint density at radius 1 is 1.04 bits per heavy atom. The van der Waals surface area contributed by atoms with E-state index in [0.717, 1.165) is 29.1 Å². The number of hydrogen-bond acceptors (Lipinski definition) is 3. The van der Waals surface area contributed by atoms with E-state index >= 15 is 0 Å². The molecule has 1 aliphatic heterocycles. The van der Waals surface area contributed by atoms with Crippen molar-refractivity contribution < 1.29 is 13.2 Å². The first-order valence-electron chi connectivity index (χ1n) is 9.12. The molecule has 0 N–H and O–H groups in total. The molecular formula is C20H22Cl2N2O3S. The first kappa shape index (κ1) is 21.0. The van der Waals surface area contributed by atoms with Crippen LogP contribution in [0.25, 0.3) is 0 Å². The minimum Gasteiger partial charge on any atom is -0.341 e. The maximum atomic E-state index is 13.4. The van der Waals surface area contributed by atoms with Gasteiger partial charge in [0.2, 0.25) is 5.91 Å². The lowest BCUT2D eigenvalue weighted by atomic mass is 10.1. The van der Waals surface area contributed by atoms with Crippen LogP contribution >= 0.6 is 23.2 Å². The van der Waals surface area contributed by atoms with Gasteiger partial charge in [0, 0.05) is 13.1 Å². The zero-order valence-corrected chi connectivity index (χ0v) is 17.9. The minimum atomic E-state index is -4.00. The summed E-state index contributed by atoms with van der Waals surface area (Å²) in [6.07, 6.45) is 2.93. The molecule has 1 saturated heterocycles. The number of hydrogen-bond donors (Lipinski definition) is 0. The molecule has 0 bridgehead atoms. The third-order valence-electron chi connectivity index (χ3n) is 4.80. The molecule has 0 aliphatic carbocycles. The molecule has 5 nitrogen and oxygen atoms in total. The van der Waals surface area contributed by atoms with Gasteiger partial charge in [0.05, 0.1) is 20.6 Å². The van der Waals surface area contributed by atoms with E-state index < -0.39 is 10.0 Å². The van der Waals surface area contributed by atoms with Crippen LogP contribution in [0, 0.1) is 6.92 Å². The van der Waals surface area contributed by atoms with E-state index in [1.54, 1.807) is 35.2 Å². The number of carbonyl (C=O) groups excluding carboxylic acids is 1. The third kappa shape index (κ3) is 4.45. The smallest absolute Gasteiger partial charge is 0.264 e. The molecule has 0 radical (unpaired) electrons. The van der Waals surface area contributed by atoms with Gasteiger partial charge in [-0.1, -0.05) is 47.0 Å². The molecule has 0 unspecified atom stereocenters. The van der Waals surface area contributed by atoms with Crippen LogP contribution in [0.1, 0.15) is 24.8 Å². The molecule has 2 aromatic rings. The van der Waals surface area contributed by atoms with Gasteiger partial charge in [-0.05, 0) is 50.5 Å². The van der Waals surface area contributed by atoms with Crippen molar-refractivity contribution in [1.29, 1.82) is 0 Å². The Labute approximate surface area is 175 Å². The lowest BCUT2D eigenvalue weighted by Crippen LogP contribution is -2.45. The number of nitrogens with zero attached hydrogens (tertiary/aromatic N) is 2. The molecule has 3 rings (SSSR count). The highest BCUT2D eigenvalue weighted by molar-refractivity contribution is 7.92. The largest absolute Gasteiger partial charge is 0.341 e. The zero-order valence-electron chi connectivity index (χ0n) is 15.6. The van der Waals surface area contributed by atoms with Crippen molar-refractivity contribution in [3.63, 3.8) is 0 Å². The van der Waals surface area contributed by atoms with Crippen molar-refractivity contribution in [1.82, 2.24) is 4.90 Å². The lowest BCUT2D eigenvalue weighted by Gasteiger charge is -2.31. The molecule has 2 aromatic carbocycles. The highest BCUT2D eigenvalue weighted by Crippen LogP contribution is 2.35. The van der Waals surface area contributed by atoms with Gasteiger partial charge in [-0.15, -0.1) is 0 Å². The van der Waals surface area contributed by atoms with E-state index in [0.29, 0.717) is 13.1 Å². The molecule has 1 aliphatic rings. The Balaban J connectivity index is 2.02. The van der Waals surface area contributed by atoms with Crippen molar-refractivity contribution in [2.45, 2.75) is 31.1 Å². The fraction of sp³-hybridized carbons (Fsp3) is 0.350. The van der Waals surface area contributed by atoms with Gasteiger partial charge in [-0.2, -0.15) is 0 Å². The summed E-state index contributed by atoms with van der Waals surface area (Å²) >= 11 is 12.4. The zero-order chi connectivity index (χ0) is 20.3. The molecule has 1 fully saturated rings. The van der Waals surface area contributed by atoms with Crippen molar-refractivity contribution in [2.24, 2.45) is 0 Å². The van der Waals surface area contributed by atoms with Crippen LogP contribution < -0.4 is 4.31 Å². The van der Waals surface area contributed by atoms with Crippen LogP contribution in [0.4, 0.5) is 5.69 Å². The summed E-state index contributed by atoms with van der Waals surface area (Å²) in [6.45, 7) is 2.83. The highest BCUT2D eigenvalue weighted by Gasteiger charge is 2.31. The number of halogens is 2. The van der Waals surface area contributed by atoms with Crippen LogP contribution in [0.3, 0.4) is 0 Å². The molecule has 0 atom stereocenters. The number of benzene rings is 2. The van der Waals surface area contributed by atoms with Gasteiger partial charge in [0.1, 0.15) is 6.54 Å². The predicted molar refractivity (Wildman–Crippen MR) is 113 cm³/mol. The van der Waals surface area contributed by atoms with E-state index in [1.807, 2.05) is 6.92 Å². The van der Waals surface area contributed by atoms with Gasteiger partial charge in [-0.25, -0.2) is 8.42 Å². The number of rotatable bonds is 5. The fourth-order valence-electron chi connectivity index (χ4n) is 3.19. The van der Waals surface area contributed by atoms with Crippen molar-refractivity contribution in [3.05, 3.63) is 58.1 Å². The van der Waals surface area contributed by atoms with Crippen LogP contribution in [-0.4, -0.2) is 38.9 Å². The molecule has 0 spiro atoms. The Morgan fingerprint density at radius 2 is 1.68 bits per heavy atom. The van der Waals surface area contributed by atoms with Gasteiger partial charge >= 0.3 is 0 Å². The number of piperidine rings is 1. The molecule has 1 amide bonds. The van der Waals surface area contributed by atoms with E-state index in [4.69, 9.17) is 23.2 Å². The number of anilines is 1. The Bertz CT molecular complexity index is 956. The van der Waals surface area contributed by atoms with Crippen molar-refractivity contribution in [3.8, 4) is 0 Å². The van der Waals surface area contributed by atoms with Gasteiger partial charge < -0.3 is 4.90 Å². The van der Waals surface area contributed by atoms with Gasteiger partial charge in [-0.3, -0.25) is 9.10 Å². The number of aryl methyl sites for hydroxylation is 1. The van der Waals surface area contributed by atoms with Crippen LogP contribution in [0.15, 0.2) is 47.4 Å². The highest BCUT2D eigenvalue weighted by atomic mass is 35.5. The maximum Gasteiger partial charge on any atom is 0.264 e. The van der Waals surface area contributed by atoms with Crippen LogP contribution in [0.5, 0.6) is 0 Å². The van der Waals surface area contributed by atoms with Crippen LogP contribution in [0.2, 0.25) is 10.0 Å². The summed E-state index contributed by atoms with van der Waals surface area (Å²) in [7, 11) is -4.00.